The van der Waals surface area contributed by atoms with Gasteiger partial charge in [-0.05, 0) is 31.2 Å². The number of aromatic nitrogens is 2. The van der Waals surface area contributed by atoms with E-state index in [2.05, 4.69) is 5.10 Å². The number of nitrogens with zero attached hydrogens (tertiary/aromatic N) is 4. The van der Waals surface area contributed by atoms with Gasteiger partial charge in [0, 0.05) is 38.4 Å². The number of hydrogen-bond acceptors (Lipinski definition) is 8. The van der Waals surface area contributed by atoms with Crippen molar-refractivity contribution in [2.24, 2.45) is 0 Å². The second-order valence-electron chi connectivity index (χ2n) is 7.13. The van der Waals surface area contributed by atoms with Gasteiger partial charge < -0.3 is 19.1 Å². The van der Waals surface area contributed by atoms with Crippen LogP contribution in [0, 0.1) is 10.1 Å². The topological polar surface area (TPSA) is 109 Å². The van der Waals surface area contributed by atoms with Crippen molar-refractivity contribution < 1.29 is 19.1 Å². The van der Waals surface area contributed by atoms with Gasteiger partial charge in [-0.3, -0.25) is 14.9 Å². The monoisotopic (exact) mass is 454 g/mol. The number of ether oxygens (including phenoxy) is 3. The molecule has 2 aromatic carbocycles. The van der Waals surface area contributed by atoms with Gasteiger partial charge >= 0.3 is 0 Å². The van der Waals surface area contributed by atoms with E-state index in [1.54, 1.807) is 50.4 Å². The summed E-state index contributed by atoms with van der Waals surface area (Å²) in [7, 11) is 4.88. The Balaban J connectivity index is 2.25. The summed E-state index contributed by atoms with van der Waals surface area (Å²) in [6.07, 6.45) is 0. The largest absolute Gasteiger partial charge is 0.497 e. The fraction of sp³-hybridized carbons (Fsp3) is 0.304. The zero-order chi connectivity index (χ0) is 24.0. The number of hydrogen-bond donors (Lipinski definition) is 0. The Morgan fingerprint density at radius 1 is 1.09 bits per heavy atom. The Morgan fingerprint density at radius 3 is 2.55 bits per heavy atom. The van der Waals surface area contributed by atoms with Crippen LogP contribution in [-0.4, -0.2) is 55.7 Å². The van der Waals surface area contributed by atoms with E-state index in [9.17, 15) is 14.9 Å². The molecule has 0 aliphatic rings. The molecule has 0 saturated carbocycles. The zero-order valence-electron chi connectivity index (χ0n) is 19.0. The van der Waals surface area contributed by atoms with Gasteiger partial charge in [-0.15, -0.1) is 0 Å². The van der Waals surface area contributed by atoms with Crippen LogP contribution in [-0.2, 0) is 4.74 Å². The van der Waals surface area contributed by atoms with E-state index in [-0.39, 0.29) is 18.0 Å². The highest BCUT2D eigenvalue weighted by atomic mass is 16.6. The molecule has 3 rings (SSSR count). The molecule has 0 bridgehead atoms. The maximum atomic E-state index is 13.4. The number of methoxy groups -OCH3 is 2. The third-order valence-corrected chi connectivity index (χ3v) is 5.07. The van der Waals surface area contributed by atoms with Crippen LogP contribution in [0.5, 0.6) is 11.5 Å². The Morgan fingerprint density at radius 2 is 1.88 bits per heavy atom. The molecule has 1 aromatic heterocycles. The number of nitro benzene ring substituents is 1. The number of rotatable bonds is 10. The molecule has 0 amide bonds. The lowest BCUT2D eigenvalue weighted by molar-refractivity contribution is -0.384. The van der Waals surface area contributed by atoms with Crippen LogP contribution in [0.4, 0.5) is 11.4 Å². The molecule has 0 saturated heterocycles. The van der Waals surface area contributed by atoms with Crippen molar-refractivity contribution in [1.29, 1.82) is 0 Å². The minimum Gasteiger partial charge on any atom is -0.497 e. The van der Waals surface area contributed by atoms with Crippen LogP contribution >= 0.6 is 0 Å². The molecule has 0 unspecified atom stereocenters. The summed E-state index contributed by atoms with van der Waals surface area (Å²) >= 11 is 0. The van der Waals surface area contributed by atoms with Crippen LogP contribution in [0.15, 0.2) is 53.3 Å². The van der Waals surface area contributed by atoms with Gasteiger partial charge in [0.15, 0.2) is 0 Å². The molecule has 1 heterocycles. The summed E-state index contributed by atoms with van der Waals surface area (Å²) in [6.45, 7) is 3.06. The summed E-state index contributed by atoms with van der Waals surface area (Å²) in [5.74, 6) is 0.982. The third-order valence-electron chi connectivity index (χ3n) is 5.07. The van der Waals surface area contributed by atoms with E-state index >= 15 is 0 Å². The standard InChI is InChI=1S/C23H26N4O6/c1-5-25(2)22-15-19(16-7-6-8-17(13-16)32-4)24-26(23(22)28)21-14-18(33-12-11-31-3)9-10-20(21)27(29)30/h6-10,13-15H,5,11-12H2,1-4H3. The maximum Gasteiger partial charge on any atom is 0.295 e. The van der Waals surface area contributed by atoms with Gasteiger partial charge in [-0.1, -0.05) is 12.1 Å². The first-order chi connectivity index (χ1) is 15.9. The van der Waals surface area contributed by atoms with E-state index < -0.39 is 10.5 Å². The van der Waals surface area contributed by atoms with Crippen molar-refractivity contribution in [2.45, 2.75) is 6.92 Å². The SMILES string of the molecule is CCN(C)c1cc(-c2cccc(OC)c2)nn(-c2cc(OCCOC)ccc2[N+](=O)[O-])c1=O. The Hall–Kier alpha value is -3.92. The predicted molar refractivity (Wildman–Crippen MR) is 125 cm³/mol. The minimum atomic E-state index is -0.552. The molecule has 3 aromatic rings. The predicted octanol–water partition coefficient (Wildman–Crippen LogP) is 3.30. The number of anilines is 1. The fourth-order valence-corrected chi connectivity index (χ4v) is 3.17. The maximum absolute atomic E-state index is 13.4. The van der Waals surface area contributed by atoms with Crippen molar-refractivity contribution in [3.63, 3.8) is 0 Å². The molecule has 0 spiro atoms. The average Bonchev–Trinajstić information content (AvgIpc) is 2.83. The summed E-state index contributed by atoms with van der Waals surface area (Å²) < 4.78 is 16.9. The Labute approximate surface area is 191 Å². The van der Waals surface area contributed by atoms with Gasteiger partial charge in [0.1, 0.15) is 29.5 Å². The van der Waals surface area contributed by atoms with Crippen molar-refractivity contribution >= 4 is 11.4 Å². The van der Waals surface area contributed by atoms with E-state index in [1.807, 2.05) is 13.0 Å². The zero-order valence-corrected chi connectivity index (χ0v) is 19.0. The van der Waals surface area contributed by atoms with Crippen LogP contribution in [0.2, 0.25) is 0 Å². The van der Waals surface area contributed by atoms with Gasteiger partial charge in [0.05, 0.1) is 24.3 Å². The lowest BCUT2D eigenvalue weighted by Crippen LogP contribution is -2.30. The second-order valence-corrected chi connectivity index (χ2v) is 7.13. The molecule has 0 fully saturated rings. The van der Waals surface area contributed by atoms with Gasteiger partial charge in [-0.25, -0.2) is 0 Å². The fourth-order valence-electron chi connectivity index (χ4n) is 3.17. The number of nitro groups is 1. The molecule has 10 heteroatoms. The van der Waals surface area contributed by atoms with E-state index in [0.29, 0.717) is 41.6 Å². The third kappa shape index (κ3) is 5.29. The highest BCUT2D eigenvalue weighted by Crippen LogP contribution is 2.29. The Kier molecular flexibility index (Phi) is 7.62. The lowest BCUT2D eigenvalue weighted by Gasteiger charge is -2.19. The second kappa shape index (κ2) is 10.6. The van der Waals surface area contributed by atoms with Crippen LogP contribution in [0.1, 0.15) is 6.92 Å². The molecular formula is C23H26N4O6. The average molecular weight is 454 g/mol. The summed E-state index contributed by atoms with van der Waals surface area (Å²) in [5, 5.41) is 16.2. The van der Waals surface area contributed by atoms with Crippen molar-refractivity contribution in [3.05, 3.63) is 69.0 Å². The van der Waals surface area contributed by atoms with Crippen LogP contribution in [0.25, 0.3) is 16.9 Å². The van der Waals surface area contributed by atoms with Gasteiger partial charge in [0.2, 0.25) is 0 Å². The summed E-state index contributed by atoms with van der Waals surface area (Å²) in [4.78, 5) is 26.3. The first-order valence-corrected chi connectivity index (χ1v) is 10.3. The Bertz CT molecular complexity index is 1190. The lowest BCUT2D eigenvalue weighted by atomic mass is 10.1. The molecule has 0 N–H and O–H groups in total. The number of benzene rings is 2. The van der Waals surface area contributed by atoms with Crippen molar-refractivity contribution in [3.8, 4) is 28.4 Å². The summed E-state index contributed by atoms with van der Waals surface area (Å²) in [6, 6.07) is 13.1. The minimum absolute atomic E-state index is 0.00964. The molecule has 0 radical (unpaired) electrons. The molecule has 0 atom stereocenters. The normalized spacial score (nSPS) is 10.7. The molecule has 10 nitrogen and oxygen atoms in total. The first-order valence-electron chi connectivity index (χ1n) is 10.3. The van der Waals surface area contributed by atoms with Crippen LogP contribution < -0.4 is 19.9 Å². The van der Waals surface area contributed by atoms with E-state index in [1.165, 1.54) is 18.2 Å². The molecule has 0 aliphatic heterocycles. The van der Waals surface area contributed by atoms with E-state index in [0.717, 1.165) is 4.68 Å². The quantitative estimate of drug-likeness (QED) is 0.261. The van der Waals surface area contributed by atoms with Gasteiger partial charge in [-0.2, -0.15) is 9.78 Å². The highest BCUT2D eigenvalue weighted by molar-refractivity contribution is 5.66. The summed E-state index contributed by atoms with van der Waals surface area (Å²) in [5.41, 5.74) is 0.772. The molecular weight excluding hydrogens is 428 g/mol. The first kappa shape index (κ1) is 23.7. The highest BCUT2D eigenvalue weighted by Gasteiger charge is 2.22. The smallest absolute Gasteiger partial charge is 0.295 e. The van der Waals surface area contributed by atoms with Crippen LogP contribution in [0.3, 0.4) is 0 Å². The molecule has 33 heavy (non-hydrogen) atoms. The van der Waals surface area contributed by atoms with Crippen molar-refractivity contribution in [1.82, 2.24) is 9.78 Å². The van der Waals surface area contributed by atoms with Crippen molar-refractivity contribution in [2.75, 3.05) is 45.9 Å². The van der Waals surface area contributed by atoms with E-state index in [4.69, 9.17) is 14.2 Å². The van der Waals surface area contributed by atoms with Gasteiger partial charge in [0.25, 0.3) is 11.2 Å². The molecule has 0 aliphatic carbocycles. The molecule has 174 valence electrons.